The van der Waals surface area contributed by atoms with E-state index in [9.17, 15) is 37.7 Å². The molecule has 41 heavy (non-hydrogen) atoms. The monoisotopic (exact) mass is 584 g/mol. The Kier molecular flexibility index (Phi) is 7.52. The van der Waals surface area contributed by atoms with Crippen LogP contribution in [-0.2, 0) is 25.3 Å². The Labute approximate surface area is 236 Å². The van der Waals surface area contributed by atoms with Crippen LogP contribution >= 0.6 is 11.3 Å². The fourth-order valence-electron chi connectivity index (χ4n) is 5.63. The van der Waals surface area contributed by atoms with Gasteiger partial charge in [0.15, 0.2) is 5.78 Å². The minimum atomic E-state index is -4.80. The lowest BCUT2D eigenvalue weighted by atomic mass is 9.69. The normalized spacial score (nSPS) is 21.1. The van der Waals surface area contributed by atoms with E-state index < -0.39 is 64.2 Å². The van der Waals surface area contributed by atoms with Gasteiger partial charge in [-0.1, -0.05) is 30.3 Å². The maximum absolute atomic E-state index is 14.3. The van der Waals surface area contributed by atoms with Crippen LogP contribution in [-0.4, -0.2) is 29.2 Å². The number of nitro benzene ring substituents is 1. The number of anilines is 1. The zero-order valence-corrected chi connectivity index (χ0v) is 22.4. The molecule has 1 aromatic heterocycles. The van der Waals surface area contributed by atoms with Crippen molar-refractivity contribution < 1.29 is 37.2 Å². The molecule has 1 aliphatic heterocycles. The summed E-state index contributed by atoms with van der Waals surface area (Å²) in [5, 5.41) is 13.2. The van der Waals surface area contributed by atoms with Crippen LogP contribution in [0.15, 0.2) is 77.3 Å². The van der Waals surface area contributed by atoms with E-state index in [2.05, 4.69) is 0 Å². The molecule has 1 aliphatic carbocycles. The maximum atomic E-state index is 14.3. The summed E-state index contributed by atoms with van der Waals surface area (Å²) in [5.74, 6) is -5.27. The molecule has 3 aromatic rings. The van der Waals surface area contributed by atoms with Crippen molar-refractivity contribution in [3.05, 3.63) is 103 Å². The van der Waals surface area contributed by atoms with Crippen LogP contribution in [0.25, 0.3) is 0 Å². The van der Waals surface area contributed by atoms with E-state index >= 15 is 0 Å². The van der Waals surface area contributed by atoms with Crippen molar-refractivity contribution in [2.45, 2.75) is 37.8 Å². The second kappa shape index (κ2) is 10.9. The first kappa shape index (κ1) is 28.2. The van der Waals surface area contributed by atoms with Gasteiger partial charge in [-0.2, -0.15) is 13.2 Å². The largest absolute Gasteiger partial charge is 0.465 e. The number of hydrogen-bond acceptors (Lipinski definition) is 7. The molecule has 0 radical (unpaired) electrons. The molecule has 3 atom stereocenters. The number of non-ortho nitro benzene ring substituents is 1. The molecule has 1 amide bonds. The summed E-state index contributed by atoms with van der Waals surface area (Å²) in [6.07, 6.45) is -5.33. The highest BCUT2D eigenvalue weighted by Gasteiger charge is 2.51. The third-order valence-electron chi connectivity index (χ3n) is 7.30. The summed E-state index contributed by atoms with van der Waals surface area (Å²) in [6.45, 7) is 1.60. The Bertz CT molecular complexity index is 1570. The number of thiophene rings is 1. The number of allylic oxidation sites excluding steroid dienone is 2. The number of hydrogen-bond donors (Lipinski definition) is 0. The lowest BCUT2D eigenvalue weighted by Gasteiger charge is -2.42. The number of amides is 1. The number of alkyl halides is 3. The van der Waals surface area contributed by atoms with E-state index in [4.69, 9.17) is 4.74 Å². The number of para-hydroxylation sites is 1. The highest BCUT2D eigenvalue weighted by Crippen LogP contribution is 2.51. The molecule has 12 heteroatoms. The summed E-state index contributed by atoms with van der Waals surface area (Å²) in [5.41, 5.74) is -1.46. The van der Waals surface area contributed by atoms with Gasteiger partial charge in [0.25, 0.3) is 5.69 Å². The molecule has 8 nitrogen and oxygen atoms in total. The number of halogens is 3. The standard InChI is InChI=1S/C29H23F3N2O6S/c1-2-40-28(37)26-19(23-11-6-12-41-23)14-22-25(27(26)36)18(16-7-5-8-17(13-16)34(38)39)15-24(35)33(22)21-10-4-3-9-20(21)29(30,31)32/h3-13,18-19,26H,2,14-15H2,1H3/t18-,19-,26+/m1/s1. The molecule has 0 fully saturated rings. The molecule has 0 saturated heterocycles. The fourth-order valence-corrected chi connectivity index (χ4v) is 6.50. The quantitative estimate of drug-likeness (QED) is 0.144. The van der Waals surface area contributed by atoms with Gasteiger partial charge in [0.05, 0.1) is 22.8 Å². The van der Waals surface area contributed by atoms with Gasteiger partial charge in [0, 0.05) is 46.5 Å². The van der Waals surface area contributed by atoms with Gasteiger partial charge in [0.2, 0.25) is 5.91 Å². The summed E-state index contributed by atoms with van der Waals surface area (Å²) in [7, 11) is 0. The maximum Gasteiger partial charge on any atom is 0.418 e. The molecule has 0 unspecified atom stereocenters. The first-order valence-corrected chi connectivity index (χ1v) is 13.6. The zero-order chi connectivity index (χ0) is 29.5. The number of esters is 1. The van der Waals surface area contributed by atoms with E-state index in [0.29, 0.717) is 4.88 Å². The van der Waals surface area contributed by atoms with Crippen LogP contribution in [0.1, 0.15) is 47.6 Å². The number of nitro groups is 1. The summed E-state index contributed by atoms with van der Waals surface area (Å²) >= 11 is 1.28. The molecule has 5 rings (SSSR count). The van der Waals surface area contributed by atoms with Crippen LogP contribution in [0.5, 0.6) is 0 Å². The Morgan fingerprint density at radius 1 is 1.10 bits per heavy atom. The van der Waals surface area contributed by atoms with Gasteiger partial charge in [-0.25, -0.2) is 0 Å². The predicted octanol–water partition coefficient (Wildman–Crippen LogP) is 6.39. The fraction of sp³-hybridized carbons (Fsp3) is 0.276. The van der Waals surface area contributed by atoms with Crippen molar-refractivity contribution >= 4 is 40.4 Å². The topological polar surface area (TPSA) is 107 Å². The van der Waals surface area contributed by atoms with Crippen molar-refractivity contribution in [3.8, 4) is 0 Å². The average molecular weight is 585 g/mol. The number of carbonyl (C=O) groups excluding carboxylic acids is 3. The third-order valence-corrected chi connectivity index (χ3v) is 8.31. The second-order valence-electron chi connectivity index (χ2n) is 9.63. The van der Waals surface area contributed by atoms with Crippen molar-refractivity contribution in [2.75, 3.05) is 11.5 Å². The zero-order valence-electron chi connectivity index (χ0n) is 21.6. The van der Waals surface area contributed by atoms with Crippen LogP contribution in [0.3, 0.4) is 0 Å². The molecule has 0 spiro atoms. The van der Waals surface area contributed by atoms with Crippen LogP contribution in [0.4, 0.5) is 24.5 Å². The molecule has 2 aromatic carbocycles. The number of ether oxygens (including phenoxy) is 1. The molecule has 212 valence electrons. The number of benzene rings is 2. The lowest BCUT2D eigenvalue weighted by molar-refractivity contribution is -0.384. The average Bonchev–Trinajstić information content (AvgIpc) is 3.47. The van der Waals surface area contributed by atoms with Gasteiger partial charge < -0.3 is 4.74 Å². The molecule has 0 N–H and O–H groups in total. The Hall–Kier alpha value is -4.32. The Morgan fingerprint density at radius 3 is 2.51 bits per heavy atom. The molecule has 2 aliphatic rings. The smallest absolute Gasteiger partial charge is 0.418 e. The molecule has 0 bridgehead atoms. The van der Waals surface area contributed by atoms with Crippen LogP contribution < -0.4 is 4.90 Å². The van der Waals surface area contributed by atoms with E-state index in [1.807, 2.05) is 0 Å². The van der Waals surface area contributed by atoms with E-state index in [1.54, 1.807) is 24.4 Å². The van der Waals surface area contributed by atoms with Crippen molar-refractivity contribution in [3.63, 3.8) is 0 Å². The first-order chi connectivity index (χ1) is 19.5. The Balaban J connectivity index is 1.77. The van der Waals surface area contributed by atoms with Gasteiger partial charge in [-0.3, -0.25) is 29.4 Å². The summed E-state index contributed by atoms with van der Waals surface area (Å²) < 4.78 is 47.6. The van der Waals surface area contributed by atoms with E-state index in [1.165, 1.54) is 53.8 Å². The predicted molar refractivity (Wildman–Crippen MR) is 143 cm³/mol. The number of ketones is 1. The second-order valence-corrected chi connectivity index (χ2v) is 10.6. The van der Waals surface area contributed by atoms with E-state index in [0.717, 1.165) is 11.0 Å². The molecular weight excluding hydrogens is 561 g/mol. The molecule has 0 saturated carbocycles. The van der Waals surface area contributed by atoms with Gasteiger partial charge in [-0.05, 0) is 42.5 Å². The van der Waals surface area contributed by atoms with Gasteiger partial charge in [0.1, 0.15) is 5.92 Å². The van der Waals surface area contributed by atoms with Gasteiger partial charge in [-0.15, -0.1) is 11.3 Å². The summed E-state index contributed by atoms with van der Waals surface area (Å²) in [4.78, 5) is 53.7. The number of Topliss-reactive ketones (excluding diaryl/α,β-unsaturated/α-hetero) is 1. The van der Waals surface area contributed by atoms with Crippen LogP contribution in [0, 0.1) is 16.0 Å². The van der Waals surface area contributed by atoms with Gasteiger partial charge >= 0.3 is 12.1 Å². The number of rotatable bonds is 6. The SMILES string of the molecule is CCOC(=O)[C@@H]1C(=O)C2=C(C[C@@H]1c1cccs1)N(c1ccccc1C(F)(F)F)C(=O)C[C@@H]2c1cccc([N+](=O)[O-])c1. The molecule has 2 heterocycles. The van der Waals surface area contributed by atoms with Crippen molar-refractivity contribution in [1.29, 1.82) is 0 Å². The highest BCUT2D eigenvalue weighted by atomic mass is 32.1. The van der Waals surface area contributed by atoms with Crippen molar-refractivity contribution in [2.24, 2.45) is 5.92 Å². The summed E-state index contributed by atoms with van der Waals surface area (Å²) in [6, 6.07) is 13.5. The first-order valence-electron chi connectivity index (χ1n) is 12.7. The number of carbonyl (C=O) groups is 3. The van der Waals surface area contributed by atoms with Crippen LogP contribution in [0.2, 0.25) is 0 Å². The third kappa shape index (κ3) is 5.15. The minimum Gasteiger partial charge on any atom is -0.465 e. The van der Waals surface area contributed by atoms with E-state index in [-0.39, 0.29) is 35.5 Å². The minimum absolute atomic E-state index is 0.00353. The highest BCUT2D eigenvalue weighted by molar-refractivity contribution is 7.10. The Morgan fingerprint density at radius 2 is 1.85 bits per heavy atom. The molecular formula is C29H23F3N2O6S. The number of nitrogens with zero attached hydrogens (tertiary/aromatic N) is 2. The lowest BCUT2D eigenvalue weighted by Crippen LogP contribution is -2.47. The van der Waals surface area contributed by atoms with Crippen molar-refractivity contribution in [1.82, 2.24) is 0 Å².